The number of ether oxygens (including phenoxy) is 3. The Hall–Kier alpha value is -2.08. The van der Waals surface area contributed by atoms with E-state index >= 15 is 0 Å². The van der Waals surface area contributed by atoms with Crippen molar-refractivity contribution in [1.82, 2.24) is 0 Å². The summed E-state index contributed by atoms with van der Waals surface area (Å²) in [5.41, 5.74) is 0. The number of aliphatic hydroxyl groups excluding tert-OH is 4. The fourth-order valence-electron chi connectivity index (χ4n) is 6.99. The summed E-state index contributed by atoms with van der Waals surface area (Å²) in [5, 5.41) is 41.2. The van der Waals surface area contributed by atoms with Crippen LogP contribution in [0, 0.1) is 0 Å². The highest BCUT2D eigenvalue weighted by Crippen LogP contribution is 2.49. The molecule has 7 N–H and O–H groups in total. The highest BCUT2D eigenvalue weighted by Gasteiger charge is 2.54. The molecule has 7 unspecified atom stereocenters. The summed E-state index contributed by atoms with van der Waals surface area (Å²) < 4.78 is 55.0. The number of esters is 2. The molecule has 1 saturated carbocycles. The summed E-state index contributed by atoms with van der Waals surface area (Å²) in [7, 11) is -10.7. The average Bonchev–Trinajstić information content (AvgIpc) is 4.01. The fraction of sp³-hybridized carbons (Fsp3) is 0.778. The van der Waals surface area contributed by atoms with E-state index < -0.39 is 83.5 Å². The molecule has 2 aliphatic rings. The number of allylic oxidation sites excluding steroid dienone is 6. The normalized spacial score (nSPS) is 25.4. The van der Waals surface area contributed by atoms with Crippen molar-refractivity contribution in [1.29, 1.82) is 0 Å². The number of carbonyl (C=O) groups excluding carboxylic acids is 2. The number of hydrogen-bond acceptors (Lipinski definition) is 14. The second-order valence-electron chi connectivity index (χ2n) is 16.5. The molecular weight excluding hydrogens is 874 g/mol. The van der Waals surface area contributed by atoms with Crippen LogP contribution >= 0.6 is 15.6 Å². The molecule has 10 atom stereocenters. The third-order valence-corrected chi connectivity index (χ3v) is 12.3. The largest absolute Gasteiger partial charge is 0.472 e. The van der Waals surface area contributed by atoms with Gasteiger partial charge in [-0.3, -0.25) is 23.2 Å². The van der Waals surface area contributed by atoms with Crippen LogP contribution in [0.25, 0.3) is 0 Å². The molecule has 1 aliphatic carbocycles. The van der Waals surface area contributed by atoms with Crippen molar-refractivity contribution in [2.75, 3.05) is 13.2 Å². The van der Waals surface area contributed by atoms with Crippen molar-refractivity contribution in [3.05, 3.63) is 48.6 Å². The van der Waals surface area contributed by atoms with Gasteiger partial charge in [0.05, 0.1) is 18.8 Å². The smallest absolute Gasteiger partial charge is 0.462 e. The second-order valence-corrected chi connectivity index (χ2v) is 19.1. The number of hydrogen-bond donors (Lipinski definition) is 7. The predicted molar refractivity (Wildman–Crippen MR) is 241 cm³/mol. The highest BCUT2D eigenvalue weighted by atomic mass is 31.2. The zero-order chi connectivity index (χ0) is 47.2. The van der Waals surface area contributed by atoms with Crippen LogP contribution in [-0.4, -0.2) is 115 Å². The van der Waals surface area contributed by atoms with Gasteiger partial charge in [-0.15, -0.1) is 0 Å². The van der Waals surface area contributed by atoms with Crippen LogP contribution in [0.4, 0.5) is 0 Å². The summed E-state index contributed by atoms with van der Waals surface area (Å²) >= 11 is 0. The SMILES string of the molecule is CCCCC/C=C\C/C=C\CC1OC1C/C=C\CCCC(=O)O[C@H](COC(=O)CCCCCCC/C=C\CCCCCC)COP(=O)(O)O[C@H]1C(O)C(O)C(O)[C@@H](OP(=O)(O)O)C1O. The molecule has 0 aromatic rings. The first-order chi connectivity index (χ1) is 30.6. The van der Waals surface area contributed by atoms with E-state index in [0.29, 0.717) is 19.3 Å². The molecule has 0 aromatic carbocycles. The van der Waals surface area contributed by atoms with Gasteiger partial charge in [0.15, 0.2) is 6.10 Å². The van der Waals surface area contributed by atoms with E-state index in [9.17, 15) is 44.0 Å². The Bertz CT molecular complexity index is 1500. The van der Waals surface area contributed by atoms with Gasteiger partial charge < -0.3 is 49.3 Å². The van der Waals surface area contributed by atoms with Gasteiger partial charge in [0.1, 0.15) is 43.2 Å². The molecule has 17 nitrogen and oxygen atoms in total. The Labute approximate surface area is 380 Å². The topological polar surface area (TPSA) is 269 Å². The Morgan fingerprint density at radius 2 is 1.05 bits per heavy atom. The molecule has 1 heterocycles. The molecule has 1 saturated heterocycles. The molecule has 0 spiro atoms. The van der Waals surface area contributed by atoms with Crippen molar-refractivity contribution in [3.8, 4) is 0 Å². The molecule has 0 bridgehead atoms. The van der Waals surface area contributed by atoms with Gasteiger partial charge >= 0.3 is 27.6 Å². The molecule has 0 aromatic heterocycles. The lowest BCUT2D eigenvalue weighted by Crippen LogP contribution is -2.64. The summed E-state index contributed by atoms with van der Waals surface area (Å²) in [5.74, 6) is -1.29. The number of phosphoric ester groups is 2. The number of aliphatic hydroxyl groups is 4. The fourth-order valence-corrected chi connectivity index (χ4v) is 8.53. The van der Waals surface area contributed by atoms with Gasteiger partial charge in [0.2, 0.25) is 0 Å². The maximum absolute atomic E-state index is 13.0. The Morgan fingerprint density at radius 1 is 0.562 bits per heavy atom. The average molecular weight is 953 g/mol. The first kappa shape index (κ1) is 58.0. The van der Waals surface area contributed by atoms with Crippen LogP contribution in [0.1, 0.15) is 155 Å². The lowest BCUT2D eigenvalue weighted by atomic mass is 9.85. The summed E-state index contributed by atoms with van der Waals surface area (Å²) in [6, 6.07) is 0. The van der Waals surface area contributed by atoms with E-state index in [1.165, 1.54) is 44.9 Å². The van der Waals surface area contributed by atoms with E-state index in [-0.39, 0.29) is 25.0 Å². The Morgan fingerprint density at radius 3 is 1.69 bits per heavy atom. The quantitative estimate of drug-likeness (QED) is 0.0104. The van der Waals surface area contributed by atoms with Crippen molar-refractivity contribution in [2.45, 2.75) is 210 Å². The van der Waals surface area contributed by atoms with Gasteiger partial charge in [-0.1, -0.05) is 114 Å². The molecule has 19 heteroatoms. The van der Waals surface area contributed by atoms with Crippen LogP contribution in [0.3, 0.4) is 0 Å². The first-order valence-corrected chi connectivity index (χ1v) is 26.3. The maximum Gasteiger partial charge on any atom is 0.472 e. The standard InChI is InChI=1S/C45H78O17P2/c1-3-5-7-9-11-13-14-15-16-18-20-22-27-31-38(46)57-33-35(34-58-64(55,56)62-45-42(50)40(48)41(49)44(43(45)51)61-63(52,53)54)59-39(47)32-28-24-23-26-30-37-36(60-37)29-25-21-19-17-12-10-8-6-4-2/h12-14,17,21,23,25-26,35-37,40-45,48-51H,3-11,15-16,18-20,22,24,27-34H2,1-2H3,(H,55,56)(H2,52,53,54)/b14-13-,17-12-,25-21-,26-23-/t35-,36?,37?,40?,41?,42?,43?,44-,45+/m1/s1. The molecule has 0 amide bonds. The van der Waals surface area contributed by atoms with Gasteiger partial charge in [-0.2, -0.15) is 0 Å². The molecule has 64 heavy (non-hydrogen) atoms. The van der Waals surface area contributed by atoms with E-state index in [0.717, 1.165) is 64.2 Å². The molecule has 370 valence electrons. The summed E-state index contributed by atoms with van der Waals surface area (Å²) in [4.78, 5) is 54.3. The van der Waals surface area contributed by atoms with Gasteiger partial charge in [-0.05, 0) is 77.0 Å². The van der Waals surface area contributed by atoms with Crippen molar-refractivity contribution < 1.29 is 81.6 Å². The lowest BCUT2D eigenvalue weighted by Gasteiger charge is -2.43. The van der Waals surface area contributed by atoms with E-state index in [1.54, 1.807) is 0 Å². The predicted octanol–water partition coefficient (Wildman–Crippen LogP) is 7.49. The molecule has 2 fully saturated rings. The summed E-state index contributed by atoms with van der Waals surface area (Å²) in [6.07, 6.45) is 22.4. The monoisotopic (exact) mass is 952 g/mol. The molecule has 1 aliphatic heterocycles. The molecule has 0 radical (unpaired) electrons. The minimum Gasteiger partial charge on any atom is -0.462 e. The first-order valence-electron chi connectivity index (χ1n) is 23.3. The van der Waals surface area contributed by atoms with E-state index in [4.69, 9.17) is 33.0 Å². The van der Waals surface area contributed by atoms with Gasteiger partial charge in [0.25, 0.3) is 0 Å². The number of carbonyl (C=O) groups is 2. The third-order valence-electron chi connectivity index (χ3n) is 10.8. The molecule has 2 rings (SSSR count). The molecular formula is C45H78O17P2. The second kappa shape index (κ2) is 33.4. The van der Waals surface area contributed by atoms with Crippen LogP contribution < -0.4 is 0 Å². The van der Waals surface area contributed by atoms with E-state index in [2.05, 4.69) is 54.8 Å². The highest BCUT2D eigenvalue weighted by molar-refractivity contribution is 7.47. The van der Waals surface area contributed by atoms with Crippen LogP contribution in [0.15, 0.2) is 48.6 Å². The van der Waals surface area contributed by atoms with Gasteiger partial charge in [0, 0.05) is 12.8 Å². The third kappa shape index (κ3) is 26.9. The van der Waals surface area contributed by atoms with Crippen LogP contribution in [0.5, 0.6) is 0 Å². The number of unbranched alkanes of at least 4 members (excludes halogenated alkanes) is 13. The van der Waals surface area contributed by atoms with E-state index in [1.807, 2.05) is 12.2 Å². The Balaban J connectivity index is 1.84. The number of rotatable bonds is 37. The maximum atomic E-state index is 13.0. The Kier molecular flexibility index (Phi) is 30.3. The summed E-state index contributed by atoms with van der Waals surface area (Å²) in [6.45, 7) is 2.99. The van der Waals surface area contributed by atoms with Crippen molar-refractivity contribution >= 4 is 27.6 Å². The zero-order valence-corrected chi connectivity index (χ0v) is 39.7. The van der Waals surface area contributed by atoms with Crippen LogP contribution in [0.2, 0.25) is 0 Å². The van der Waals surface area contributed by atoms with Crippen molar-refractivity contribution in [2.24, 2.45) is 0 Å². The zero-order valence-electron chi connectivity index (χ0n) is 37.9. The number of phosphoric acid groups is 2. The lowest BCUT2D eigenvalue weighted by molar-refractivity contribution is -0.216. The number of epoxide rings is 1. The van der Waals surface area contributed by atoms with Crippen molar-refractivity contribution in [3.63, 3.8) is 0 Å². The van der Waals surface area contributed by atoms with Crippen LogP contribution in [-0.2, 0) is 46.5 Å². The van der Waals surface area contributed by atoms with Gasteiger partial charge in [-0.25, -0.2) is 9.13 Å². The minimum absolute atomic E-state index is 0.0428. The minimum atomic E-state index is -5.37.